The molecule has 0 aromatic heterocycles. The van der Waals surface area contributed by atoms with E-state index in [2.05, 4.69) is 10.0 Å². The normalized spacial score (nSPS) is 23.4. The van der Waals surface area contributed by atoms with Gasteiger partial charge < -0.3 is 11.1 Å². The van der Waals surface area contributed by atoms with Crippen molar-refractivity contribution < 1.29 is 12.8 Å². The lowest BCUT2D eigenvalue weighted by molar-refractivity contribution is 0.411. The third-order valence-corrected chi connectivity index (χ3v) is 4.00. The van der Waals surface area contributed by atoms with E-state index in [1.165, 1.54) is 12.1 Å². The molecule has 1 aliphatic rings. The van der Waals surface area contributed by atoms with Crippen LogP contribution < -0.4 is 15.8 Å². The SMILES string of the molecule is CS(=O)(=O)Nc1cc(NC2CCC(N)CC2)ccc1F. The maximum Gasteiger partial charge on any atom is 0.229 e. The van der Waals surface area contributed by atoms with Crippen LogP contribution in [0.1, 0.15) is 25.7 Å². The number of benzene rings is 1. The summed E-state index contributed by atoms with van der Waals surface area (Å²) >= 11 is 0. The minimum absolute atomic E-state index is 0.0370. The Balaban J connectivity index is 2.07. The second-order valence-corrected chi connectivity index (χ2v) is 7.07. The van der Waals surface area contributed by atoms with Crippen LogP contribution in [-0.4, -0.2) is 26.8 Å². The highest BCUT2D eigenvalue weighted by atomic mass is 32.2. The van der Waals surface area contributed by atoms with Crippen LogP contribution in [0, 0.1) is 5.82 Å². The molecule has 5 nitrogen and oxygen atoms in total. The average molecular weight is 301 g/mol. The van der Waals surface area contributed by atoms with Gasteiger partial charge in [-0.15, -0.1) is 0 Å². The average Bonchev–Trinajstić information content (AvgIpc) is 2.34. The molecule has 1 aromatic carbocycles. The largest absolute Gasteiger partial charge is 0.382 e. The Morgan fingerprint density at radius 3 is 2.50 bits per heavy atom. The van der Waals surface area contributed by atoms with Crippen molar-refractivity contribution in [1.82, 2.24) is 0 Å². The summed E-state index contributed by atoms with van der Waals surface area (Å²) in [5.41, 5.74) is 6.52. The van der Waals surface area contributed by atoms with E-state index in [4.69, 9.17) is 5.73 Å². The summed E-state index contributed by atoms with van der Waals surface area (Å²) in [6.45, 7) is 0. The molecule has 1 fully saturated rings. The highest BCUT2D eigenvalue weighted by molar-refractivity contribution is 7.92. The van der Waals surface area contributed by atoms with Crippen molar-refractivity contribution in [1.29, 1.82) is 0 Å². The van der Waals surface area contributed by atoms with Crippen LogP contribution in [-0.2, 0) is 10.0 Å². The fourth-order valence-corrected chi connectivity index (χ4v) is 2.95. The second-order valence-electron chi connectivity index (χ2n) is 5.32. The molecule has 0 spiro atoms. The van der Waals surface area contributed by atoms with Crippen LogP contribution in [0.2, 0.25) is 0 Å². The van der Waals surface area contributed by atoms with Gasteiger partial charge in [0.1, 0.15) is 5.82 Å². The Labute approximate surface area is 118 Å². The van der Waals surface area contributed by atoms with Gasteiger partial charge in [-0.1, -0.05) is 0 Å². The molecule has 0 amide bonds. The van der Waals surface area contributed by atoms with E-state index in [-0.39, 0.29) is 11.7 Å². The van der Waals surface area contributed by atoms with Crippen molar-refractivity contribution in [3.63, 3.8) is 0 Å². The molecule has 0 saturated heterocycles. The number of hydrogen-bond donors (Lipinski definition) is 3. The minimum Gasteiger partial charge on any atom is -0.382 e. The van der Waals surface area contributed by atoms with E-state index in [0.717, 1.165) is 31.9 Å². The van der Waals surface area contributed by atoms with Crippen molar-refractivity contribution >= 4 is 21.4 Å². The first-order chi connectivity index (χ1) is 9.33. The zero-order valence-corrected chi connectivity index (χ0v) is 12.2. The molecule has 7 heteroatoms. The standard InChI is InChI=1S/C13H20FN3O2S/c1-20(18,19)17-13-8-11(6-7-12(13)14)16-10-4-2-9(15)3-5-10/h6-10,16-17H,2-5,15H2,1H3. The molecule has 112 valence electrons. The van der Waals surface area contributed by atoms with Gasteiger partial charge in [0, 0.05) is 17.8 Å². The second kappa shape index (κ2) is 5.97. The van der Waals surface area contributed by atoms with Gasteiger partial charge in [0.15, 0.2) is 0 Å². The Morgan fingerprint density at radius 2 is 1.90 bits per heavy atom. The Bertz CT molecular complexity index is 569. The number of nitrogens with two attached hydrogens (primary N) is 1. The van der Waals surface area contributed by atoms with Gasteiger partial charge in [0.2, 0.25) is 10.0 Å². The third kappa shape index (κ3) is 4.35. The predicted octanol–water partition coefficient (Wildman–Crippen LogP) is 1.88. The molecule has 0 radical (unpaired) electrons. The summed E-state index contributed by atoms with van der Waals surface area (Å²) in [6, 6.07) is 4.90. The molecular weight excluding hydrogens is 281 g/mol. The van der Waals surface area contributed by atoms with Gasteiger partial charge in [0.25, 0.3) is 0 Å². The van der Waals surface area contributed by atoms with Crippen LogP contribution in [0.4, 0.5) is 15.8 Å². The van der Waals surface area contributed by atoms with Crippen LogP contribution in [0.5, 0.6) is 0 Å². The van der Waals surface area contributed by atoms with E-state index in [1.54, 1.807) is 6.07 Å². The summed E-state index contributed by atoms with van der Waals surface area (Å²) in [5.74, 6) is -0.591. The predicted molar refractivity (Wildman–Crippen MR) is 78.7 cm³/mol. The summed E-state index contributed by atoms with van der Waals surface area (Å²) in [7, 11) is -3.49. The summed E-state index contributed by atoms with van der Waals surface area (Å²) in [5, 5.41) is 3.30. The molecule has 0 bridgehead atoms. The smallest absolute Gasteiger partial charge is 0.229 e. The van der Waals surface area contributed by atoms with Gasteiger partial charge in [-0.2, -0.15) is 0 Å². The maximum absolute atomic E-state index is 13.6. The lowest BCUT2D eigenvalue weighted by atomic mass is 9.91. The van der Waals surface area contributed by atoms with Gasteiger partial charge in [-0.25, -0.2) is 12.8 Å². The number of hydrogen-bond acceptors (Lipinski definition) is 4. The molecule has 0 heterocycles. The first-order valence-electron chi connectivity index (χ1n) is 6.63. The topological polar surface area (TPSA) is 84.2 Å². The minimum atomic E-state index is -3.49. The third-order valence-electron chi connectivity index (χ3n) is 3.40. The quantitative estimate of drug-likeness (QED) is 0.793. The number of halogens is 1. The lowest BCUT2D eigenvalue weighted by Gasteiger charge is -2.27. The number of nitrogens with one attached hydrogen (secondary N) is 2. The zero-order valence-electron chi connectivity index (χ0n) is 11.4. The van der Waals surface area contributed by atoms with Crippen molar-refractivity contribution in [3.8, 4) is 0 Å². The molecule has 0 atom stereocenters. The Morgan fingerprint density at radius 1 is 1.25 bits per heavy atom. The molecule has 1 aliphatic carbocycles. The monoisotopic (exact) mass is 301 g/mol. The summed E-state index contributed by atoms with van der Waals surface area (Å²) in [6.07, 6.45) is 4.86. The molecule has 1 aromatic rings. The van der Waals surface area contributed by atoms with E-state index >= 15 is 0 Å². The van der Waals surface area contributed by atoms with Crippen molar-refractivity contribution in [2.75, 3.05) is 16.3 Å². The summed E-state index contributed by atoms with van der Waals surface area (Å²) < 4.78 is 38.1. The van der Waals surface area contributed by atoms with Gasteiger partial charge in [0.05, 0.1) is 11.9 Å². The fraction of sp³-hybridized carbons (Fsp3) is 0.538. The Kier molecular flexibility index (Phi) is 4.49. The number of sulfonamides is 1. The van der Waals surface area contributed by atoms with Crippen LogP contribution in [0.3, 0.4) is 0 Å². The van der Waals surface area contributed by atoms with Crippen molar-refractivity contribution in [2.45, 2.75) is 37.8 Å². The van der Waals surface area contributed by atoms with Crippen LogP contribution in [0.25, 0.3) is 0 Å². The molecule has 0 aliphatic heterocycles. The van der Waals surface area contributed by atoms with Crippen LogP contribution >= 0.6 is 0 Å². The van der Waals surface area contributed by atoms with Crippen molar-refractivity contribution in [3.05, 3.63) is 24.0 Å². The van der Waals surface area contributed by atoms with Gasteiger partial charge in [-0.05, 0) is 43.9 Å². The molecule has 4 N–H and O–H groups in total. The molecular formula is C13H20FN3O2S. The maximum atomic E-state index is 13.6. The van der Waals surface area contributed by atoms with E-state index in [1.807, 2.05) is 0 Å². The van der Waals surface area contributed by atoms with Crippen molar-refractivity contribution in [2.24, 2.45) is 5.73 Å². The van der Waals surface area contributed by atoms with E-state index in [9.17, 15) is 12.8 Å². The summed E-state index contributed by atoms with van der Waals surface area (Å²) in [4.78, 5) is 0. The molecule has 2 rings (SSSR count). The van der Waals surface area contributed by atoms with E-state index < -0.39 is 15.8 Å². The van der Waals surface area contributed by atoms with Gasteiger partial charge in [-0.3, -0.25) is 4.72 Å². The fourth-order valence-electron chi connectivity index (χ4n) is 2.39. The molecule has 0 unspecified atom stereocenters. The highest BCUT2D eigenvalue weighted by Crippen LogP contribution is 2.25. The Hall–Kier alpha value is -1.34. The first-order valence-corrected chi connectivity index (χ1v) is 8.52. The number of anilines is 2. The molecule has 1 saturated carbocycles. The lowest BCUT2D eigenvalue weighted by Crippen LogP contribution is -2.32. The van der Waals surface area contributed by atoms with Gasteiger partial charge >= 0.3 is 0 Å². The van der Waals surface area contributed by atoms with E-state index in [0.29, 0.717) is 11.7 Å². The number of rotatable bonds is 4. The first kappa shape index (κ1) is 15.1. The van der Waals surface area contributed by atoms with Crippen LogP contribution in [0.15, 0.2) is 18.2 Å². The molecule has 20 heavy (non-hydrogen) atoms. The zero-order chi connectivity index (χ0) is 14.8. The highest BCUT2D eigenvalue weighted by Gasteiger charge is 2.18.